The average Bonchev–Trinajstić information content (AvgIpc) is 3.07. The number of hydrogen-bond acceptors (Lipinski definition) is 6. The van der Waals surface area contributed by atoms with E-state index in [1.807, 2.05) is 32.0 Å². The molecule has 170 valence electrons. The number of anilines is 2. The molecule has 0 unspecified atom stereocenters. The first-order valence-corrected chi connectivity index (χ1v) is 12.5. The molecule has 11 heteroatoms. The minimum atomic E-state index is -3.65. The summed E-state index contributed by atoms with van der Waals surface area (Å²) in [6.45, 7) is 3.78. The van der Waals surface area contributed by atoms with Crippen molar-refractivity contribution in [1.29, 1.82) is 0 Å². The van der Waals surface area contributed by atoms with E-state index in [-0.39, 0.29) is 18.2 Å². The molecule has 0 atom stereocenters. The molecule has 3 rings (SSSR count). The predicted molar refractivity (Wildman–Crippen MR) is 124 cm³/mol. The minimum absolute atomic E-state index is 0.0802. The molecule has 2 aromatic carbocycles. The lowest BCUT2D eigenvalue weighted by atomic mass is 10.1. The van der Waals surface area contributed by atoms with Crippen molar-refractivity contribution in [1.82, 2.24) is 14.8 Å². The summed E-state index contributed by atoms with van der Waals surface area (Å²) in [6, 6.07) is 11.0. The Hall–Kier alpha value is -2.92. The van der Waals surface area contributed by atoms with Gasteiger partial charge in [-0.15, -0.1) is 10.2 Å². The summed E-state index contributed by atoms with van der Waals surface area (Å²) in [5.74, 6) is -0.134. The number of hydrogen-bond donors (Lipinski definition) is 1. The summed E-state index contributed by atoms with van der Waals surface area (Å²) in [7, 11) is -1.95. The number of nitrogens with zero attached hydrogens (tertiary/aromatic N) is 4. The summed E-state index contributed by atoms with van der Waals surface area (Å²) in [5.41, 5.74) is 3.07. The molecule has 0 bridgehead atoms. The smallest absolute Gasteiger partial charge is 0.234 e. The van der Waals surface area contributed by atoms with Gasteiger partial charge in [0.15, 0.2) is 11.0 Å². The van der Waals surface area contributed by atoms with Gasteiger partial charge in [0.2, 0.25) is 15.9 Å². The van der Waals surface area contributed by atoms with E-state index in [0.29, 0.717) is 16.7 Å². The molecule has 0 spiro atoms. The van der Waals surface area contributed by atoms with Crippen LogP contribution in [0.1, 0.15) is 17.0 Å². The monoisotopic (exact) mass is 477 g/mol. The van der Waals surface area contributed by atoms with Crippen LogP contribution in [-0.4, -0.2) is 41.1 Å². The Morgan fingerprint density at radius 1 is 1.12 bits per heavy atom. The summed E-state index contributed by atoms with van der Waals surface area (Å²) >= 11 is 1.20. The molecule has 0 fully saturated rings. The van der Waals surface area contributed by atoms with E-state index in [2.05, 4.69) is 15.5 Å². The molecule has 0 aliphatic heterocycles. The summed E-state index contributed by atoms with van der Waals surface area (Å²) in [4.78, 5) is 12.4. The number of aryl methyl sites for hydroxylation is 2. The normalized spacial score (nSPS) is 11.4. The van der Waals surface area contributed by atoms with Gasteiger partial charge >= 0.3 is 0 Å². The molecule has 0 radical (unpaired) electrons. The van der Waals surface area contributed by atoms with Crippen LogP contribution < -0.4 is 9.62 Å². The lowest BCUT2D eigenvalue weighted by molar-refractivity contribution is -0.113. The number of halogens is 1. The quantitative estimate of drug-likeness (QED) is 0.500. The molecular formula is C21H24FN5O3S2. The molecule has 8 nitrogen and oxygen atoms in total. The molecular weight excluding hydrogens is 453 g/mol. The van der Waals surface area contributed by atoms with Crippen LogP contribution in [0.4, 0.5) is 15.8 Å². The van der Waals surface area contributed by atoms with Crippen molar-refractivity contribution in [2.24, 2.45) is 7.05 Å². The Kier molecular flexibility index (Phi) is 7.19. The lowest BCUT2D eigenvalue weighted by Crippen LogP contribution is -2.30. The zero-order valence-electron chi connectivity index (χ0n) is 18.2. The number of sulfonamides is 1. The third-order valence-electron chi connectivity index (χ3n) is 4.80. The van der Waals surface area contributed by atoms with Crippen LogP contribution in [-0.2, 0) is 28.4 Å². The fraction of sp³-hybridized carbons (Fsp3) is 0.286. The van der Waals surface area contributed by atoms with E-state index in [0.717, 1.165) is 27.4 Å². The van der Waals surface area contributed by atoms with Crippen LogP contribution in [0.25, 0.3) is 0 Å². The van der Waals surface area contributed by atoms with Crippen molar-refractivity contribution >= 4 is 39.1 Å². The maximum Gasteiger partial charge on any atom is 0.234 e. The number of rotatable bonds is 8. The molecule has 0 saturated carbocycles. The molecule has 0 aliphatic rings. The van der Waals surface area contributed by atoms with Gasteiger partial charge in [-0.05, 0) is 49.2 Å². The van der Waals surface area contributed by atoms with E-state index in [4.69, 9.17) is 0 Å². The molecule has 32 heavy (non-hydrogen) atoms. The topological polar surface area (TPSA) is 97.2 Å². The second kappa shape index (κ2) is 9.70. The average molecular weight is 478 g/mol. The molecule has 1 N–H and O–H groups in total. The first-order valence-electron chi connectivity index (χ1n) is 9.66. The van der Waals surface area contributed by atoms with Crippen LogP contribution in [0.5, 0.6) is 0 Å². The van der Waals surface area contributed by atoms with Gasteiger partial charge in [-0.25, -0.2) is 12.8 Å². The minimum Gasteiger partial charge on any atom is -0.325 e. The number of benzene rings is 2. The van der Waals surface area contributed by atoms with Crippen LogP contribution in [0.2, 0.25) is 0 Å². The Bertz CT molecular complexity index is 1210. The first kappa shape index (κ1) is 23.7. The van der Waals surface area contributed by atoms with Gasteiger partial charge in [0.05, 0.1) is 24.2 Å². The molecule has 3 aromatic rings. The van der Waals surface area contributed by atoms with Crippen molar-refractivity contribution in [3.63, 3.8) is 0 Å². The highest BCUT2D eigenvalue weighted by Crippen LogP contribution is 2.23. The van der Waals surface area contributed by atoms with Crippen LogP contribution in [0.3, 0.4) is 0 Å². The fourth-order valence-corrected chi connectivity index (χ4v) is 4.65. The molecule has 0 saturated heterocycles. The van der Waals surface area contributed by atoms with E-state index in [1.54, 1.807) is 11.6 Å². The number of aromatic nitrogens is 3. The maximum atomic E-state index is 13.2. The number of para-hydroxylation sites is 1. The molecule has 1 aromatic heterocycles. The van der Waals surface area contributed by atoms with E-state index in [9.17, 15) is 17.6 Å². The van der Waals surface area contributed by atoms with Crippen molar-refractivity contribution < 1.29 is 17.6 Å². The first-order chi connectivity index (χ1) is 15.1. The Labute approximate surface area is 190 Å². The zero-order chi connectivity index (χ0) is 23.5. The van der Waals surface area contributed by atoms with Gasteiger partial charge in [0.25, 0.3) is 0 Å². The number of amides is 1. The van der Waals surface area contributed by atoms with Gasteiger partial charge in [-0.2, -0.15) is 0 Å². The summed E-state index contributed by atoms with van der Waals surface area (Å²) in [6.07, 6.45) is 1.07. The van der Waals surface area contributed by atoms with Crippen molar-refractivity contribution in [2.75, 3.05) is 21.6 Å². The fourth-order valence-electron chi connectivity index (χ4n) is 3.06. The Morgan fingerprint density at radius 2 is 1.75 bits per heavy atom. The Balaban J connectivity index is 1.70. The highest BCUT2D eigenvalue weighted by atomic mass is 32.2. The summed E-state index contributed by atoms with van der Waals surface area (Å²) < 4.78 is 40.6. The van der Waals surface area contributed by atoms with Crippen molar-refractivity contribution in [3.8, 4) is 0 Å². The number of thioether (sulfide) groups is 1. The standard InChI is InChI=1S/C21H24FN5O3S2/c1-14-6-5-7-15(2)20(14)23-19(28)13-31-21-25-24-18(26(21)3)12-27(32(4,29)30)17-10-8-16(22)9-11-17/h5-11H,12-13H2,1-4H3,(H,23,28). The van der Waals surface area contributed by atoms with Crippen LogP contribution in [0, 0.1) is 19.7 Å². The number of carbonyl (C=O) groups excluding carboxylic acids is 1. The Morgan fingerprint density at radius 3 is 2.34 bits per heavy atom. The lowest BCUT2D eigenvalue weighted by Gasteiger charge is -2.21. The van der Waals surface area contributed by atoms with Crippen molar-refractivity contribution in [3.05, 3.63) is 65.2 Å². The van der Waals surface area contributed by atoms with E-state index >= 15 is 0 Å². The third-order valence-corrected chi connectivity index (χ3v) is 6.96. The second-order valence-corrected chi connectivity index (χ2v) is 10.2. The second-order valence-electron chi connectivity index (χ2n) is 7.31. The zero-order valence-corrected chi connectivity index (χ0v) is 19.8. The molecule has 1 heterocycles. The van der Waals surface area contributed by atoms with E-state index in [1.165, 1.54) is 36.0 Å². The number of carbonyl (C=O) groups is 1. The van der Waals surface area contributed by atoms with Crippen molar-refractivity contribution in [2.45, 2.75) is 25.5 Å². The predicted octanol–water partition coefficient (Wildman–Crippen LogP) is 3.27. The van der Waals surface area contributed by atoms with E-state index < -0.39 is 15.8 Å². The van der Waals surface area contributed by atoms with Crippen LogP contribution >= 0.6 is 11.8 Å². The SMILES string of the molecule is Cc1cccc(C)c1NC(=O)CSc1nnc(CN(c2ccc(F)cc2)S(C)(=O)=O)n1C. The van der Waals surface area contributed by atoms with Gasteiger partial charge in [0, 0.05) is 12.7 Å². The van der Waals surface area contributed by atoms with Crippen LogP contribution in [0.15, 0.2) is 47.6 Å². The van der Waals surface area contributed by atoms with Gasteiger partial charge < -0.3 is 9.88 Å². The highest BCUT2D eigenvalue weighted by Gasteiger charge is 2.22. The van der Waals surface area contributed by atoms with Gasteiger partial charge in [-0.3, -0.25) is 9.10 Å². The molecule has 1 amide bonds. The number of nitrogens with one attached hydrogen (secondary N) is 1. The molecule has 0 aliphatic carbocycles. The summed E-state index contributed by atoms with van der Waals surface area (Å²) in [5, 5.41) is 11.6. The largest absolute Gasteiger partial charge is 0.325 e. The van der Waals surface area contributed by atoms with Gasteiger partial charge in [0.1, 0.15) is 5.82 Å². The van der Waals surface area contributed by atoms with Gasteiger partial charge in [-0.1, -0.05) is 30.0 Å². The highest BCUT2D eigenvalue weighted by molar-refractivity contribution is 7.99. The maximum absolute atomic E-state index is 13.2. The third kappa shape index (κ3) is 5.65.